The highest BCUT2D eigenvalue weighted by atomic mass is 16.6. The number of carbonyl (C=O) groups is 2. The molecule has 0 spiro atoms. The Kier molecular flexibility index (Phi) is 9.37. The van der Waals surface area contributed by atoms with Crippen LogP contribution in [0.25, 0.3) is 0 Å². The Morgan fingerprint density at radius 1 is 1.12 bits per heavy atom. The summed E-state index contributed by atoms with van der Waals surface area (Å²) in [5.41, 5.74) is 0. The maximum atomic E-state index is 9.90. The van der Waals surface area contributed by atoms with E-state index in [0.29, 0.717) is 18.9 Å². The van der Waals surface area contributed by atoms with Crippen molar-refractivity contribution < 1.29 is 29.3 Å². The van der Waals surface area contributed by atoms with Gasteiger partial charge in [0.2, 0.25) is 0 Å². The van der Waals surface area contributed by atoms with Crippen molar-refractivity contribution in [2.45, 2.75) is 38.7 Å². The van der Waals surface area contributed by atoms with Gasteiger partial charge in [0.15, 0.2) is 0 Å². The van der Waals surface area contributed by atoms with Crippen molar-refractivity contribution >= 4 is 11.9 Å². The zero-order valence-corrected chi connectivity index (χ0v) is 10.1. The van der Waals surface area contributed by atoms with Gasteiger partial charge in [0.25, 0.3) is 0 Å². The van der Waals surface area contributed by atoms with E-state index in [4.69, 9.17) is 14.9 Å². The highest BCUT2D eigenvalue weighted by Gasteiger charge is 2.13. The molecule has 2 aliphatic heterocycles. The highest BCUT2D eigenvalue weighted by molar-refractivity contribution is 5.67. The molecule has 0 aromatic rings. The van der Waals surface area contributed by atoms with Gasteiger partial charge in [-0.2, -0.15) is 0 Å². The summed E-state index contributed by atoms with van der Waals surface area (Å²) in [6.45, 7) is 5.04. The lowest BCUT2D eigenvalue weighted by Crippen LogP contribution is -1.97. The van der Waals surface area contributed by atoms with Crippen LogP contribution in [0, 0.1) is 0 Å². The van der Waals surface area contributed by atoms with Crippen molar-refractivity contribution in [2.75, 3.05) is 19.8 Å². The van der Waals surface area contributed by atoms with Crippen molar-refractivity contribution in [1.29, 1.82) is 0 Å². The molecule has 0 bridgehead atoms. The number of unbranched alkanes of at least 4 members (excludes halogenated alkanes) is 1. The second-order valence-electron chi connectivity index (χ2n) is 3.75. The second-order valence-corrected chi connectivity index (χ2v) is 3.75. The van der Waals surface area contributed by atoms with Crippen LogP contribution in [0.3, 0.4) is 0 Å². The van der Waals surface area contributed by atoms with Crippen LogP contribution in [-0.2, 0) is 19.1 Å². The first-order valence-electron chi connectivity index (χ1n) is 5.65. The van der Waals surface area contributed by atoms with Crippen LogP contribution in [0.2, 0.25) is 0 Å². The molecule has 0 saturated carbocycles. The summed E-state index contributed by atoms with van der Waals surface area (Å²) >= 11 is 0. The molecule has 0 aromatic heterocycles. The first kappa shape index (κ1) is 15.9. The van der Waals surface area contributed by atoms with E-state index in [0.717, 1.165) is 19.8 Å². The summed E-state index contributed by atoms with van der Waals surface area (Å²) in [6, 6.07) is 0. The number of rotatable bonds is 5. The fourth-order valence-corrected chi connectivity index (χ4v) is 0.649. The fourth-order valence-electron chi connectivity index (χ4n) is 0.649. The Hall–Kier alpha value is -1.14. The number of ether oxygens (including phenoxy) is 2. The minimum Gasteiger partial charge on any atom is -0.481 e. The third kappa shape index (κ3) is 25.3. The third-order valence-corrected chi connectivity index (χ3v) is 1.74. The monoisotopic (exact) mass is 248 g/mol. The molecule has 2 saturated heterocycles. The van der Waals surface area contributed by atoms with E-state index in [1.807, 2.05) is 0 Å². The van der Waals surface area contributed by atoms with Crippen LogP contribution in [0.5, 0.6) is 0 Å². The average Bonchev–Trinajstić information content (AvgIpc) is 3.04. The standard InChI is InChI=1S/C6H10O4.C3H6O.C2H4O/c7-5(8)3-1-2-4-6(9)10;1-3-2-4-3;1-2-3-1/h1-4H2,(H,7,8)(H,9,10);3H,2H2,1H3;1-2H2. The number of carboxylic acids is 2. The minimum absolute atomic E-state index is 0.0628. The van der Waals surface area contributed by atoms with Gasteiger partial charge in [-0.05, 0) is 19.8 Å². The maximum absolute atomic E-state index is 9.90. The van der Waals surface area contributed by atoms with E-state index in [9.17, 15) is 9.59 Å². The van der Waals surface area contributed by atoms with Gasteiger partial charge >= 0.3 is 11.9 Å². The summed E-state index contributed by atoms with van der Waals surface area (Å²) in [5, 5.41) is 16.3. The minimum atomic E-state index is -0.870. The highest BCUT2D eigenvalue weighted by Crippen LogP contribution is 2.04. The fraction of sp³-hybridized carbons (Fsp3) is 0.818. The van der Waals surface area contributed by atoms with Crippen LogP contribution in [0.4, 0.5) is 0 Å². The van der Waals surface area contributed by atoms with Gasteiger partial charge in [-0.25, -0.2) is 0 Å². The molecule has 6 nitrogen and oxygen atoms in total. The topological polar surface area (TPSA) is 99.7 Å². The van der Waals surface area contributed by atoms with E-state index in [1.54, 1.807) is 0 Å². The Bertz CT molecular complexity index is 203. The summed E-state index contributed by atoms with van der Waals surface area (Å²) in [5.74, 6) is -1.74. The molecule has 0 aliphatic carbocycles. The molecular weight excluding hydrogens is 228 g/mol. The van der Waals surface area contributed by atoms with Crippen molar-refractivity contribution in [3.63, 3.8) is 0 Å². The summed E-state index contributed by atoms with van der Waals surface area (Å²) < 4.78 is 9.21. The Morgan fingerprint density at radius 2 is 1.41 bits per heavy atom. The summed E-state index contributed by atoms with van der Waals surface area (Å²) in [4.78, 5) is 19.8. The lowest BCUT2D eigenvalue weighted by atomic mass is 10.2. The number of epoxide rings is 2. The number of hydrogen-bond donors (Lipinski definition) is 2. The third-order valence-electron chi connectivity index (χ3n) is 1.74. The molecule has 0 radical (unpaired) electrons. The zero-order valence-electron chi connectivity index (χ0n) is 10.1. The normalized spacial score (nSPS) is 19.0. The van der Waals surface area contributed by atoms with Crippen molar-refractivity contribution in [1.82, 2.24) is 0 Å². The Balaban J connectivity index is 0.000000289. The zero-order chi connectivity index (χ0) is 13.1. The van der Waals surface area contributed by atoms with Crippen molar-refractivity contribution in [3.8, 4) is 0 Å². The first-order chi connectivity index (χ1) is 8.02. The van der Waals surface area contributed by atoms with E-state index in [2.05, 4.69) is 11.7 Å². The molecular formula is C11H20O6. The smallest absolute Gasteiger partial charge is 0.303 e. The van der Waals surface area contributed by atoms with Crippen LogP contribution in [0.1, 0.15) is 32.6 Å². The second kappa shape index (κ2) is 10.0. The van der Waals surface area contributed by atoms with Crippen LogP contribution in [-0.4, -0.2) is 48.1 Å². The van der Waals surface area contributed by atoms with E-state index < -0.39 is 11.9 Å². The first-order valence-corrected chi connectivity index (χ1v) is 5.65. The molecule has 0 aromatic carbocycles. The quantitative estimate of drug-likeness (QED) is 0.559. The molecule has 2 fully saturated rings. The molecule has 1 atom stereocenters. The molecule has 1 unspecified atom stereocenters. The van der Waals surface area contributed by atoms with Crippen molar-refractivity contribution in [2.24, 2.45) is 0 Å². The average molecular weight is 248 g/mol. The SMILES string of the molecule is C1CO1.CC1CO1.O=C(O)CCCCC(=O)O. The molecule has 100 valence electrons. The predicted molar refractivity (Wildman–Crippen MR) is 60.0 cm³/mol. The lowest BCUT2D eigenvalue weighted by molar-refractivity contribution is -0.139. The molecule has 0 amide bonds. The molecule has 2 heterocycles. The molecule has 2 rings (SSSR count). The van der Waals surface area contributed by atoms with Gasteiger partial charge in [-0.15, -0.1) is 0 Å². The molecule has 2 N–H and O–H groups in total. The predicted octanol–water partition coefficient (Wildman–Crippen LogP) is 1.14. The number of hydrogen-bond acceptors (Lipinski definition) is 4. The Labute approximate surface area is 101 Å². The maximum Gasteiger partial charge on any atom is 0.303 e. The van der Waals surface area contributed by atoms with Gasteiger partial charge in [-0.1, -0.05) is 0 Å². The molecule has 17 heavy (non-hydrogen) atoms. The van der Waals surface area contributed by atoms with Gasteiger partial charge in [-0.3, -0.25) is 9.59 Å². The molecule has 6 heteroatoms. The van der Waals surface area contributed by atoms with E-state index >= 15 is 0 Å². The van der Waals surface area contributed by atoms with E-state index in [-0.39, 0.29) is 12.8 Å². The van der Waals surface area contributed by atoms with Crippen LogP contribution >= 0.6 is 0 Å². The van der Waals surface area contributed by atoms with Gasteiger partial charge in [0, 0.05) is 12.8 Å². The number of carboxylic acid groups (broad SMARTS) is 2. The van der Waals surface area contributed by atoms with Gasteiger partial charge < -0.3 is 19.7 Å². The van der Waals surface area contributed by atoms with Gasteiger partial charge in [0.1, 0.15) is 0 Å². The summed E-state index contributed by atoms with van der Waals surface area (Å²) in [6.07, 6.45) is 1.60. The number of aliphatic carboxylic acids is 2. The molecule has 2 aliphatic rings. The van der Waals surface area contributed by atoms with Crippen LogP contribution in [0.15, 0.2) is 0 Å². The largest absolute Gasteiger partial charge is 0.481 e. The summed E-state index contributed by atoms with van der Waals surface area (Å²) in [7, 11) is 0. The lowest BCUT2D eigenvalue weighted by Gasteiger charge is -1.92. The van der Waals surface area contributed by atoms with Crippen LogP contribution < -0.4 is 0 Å². The Morgan fingerprint density at radius 3 is 1.53 bits per heavy atom. The van der Waals surface area contributed by atoms with E-state index in [1.165, 1.54) is 0 Å². The van der Waals surface area contributed by atoms with Crippen molar-refractivity contribution in [3.05, 3.63) is 0 Å². The van der Waals surface area contributed by atoms with Gasteiger partial charge in [0.05, 0.1) is 25.9 Å².